The highest BCUT2D eigenvalue weighted by Crippen LogP contribution is 2.32. The Labute approximate surface area is 87.1 Å². The highest BCUT2D eigenvalue weighted by molar-refractivity contribution is 5.34. The first-order valence-corrected chi connectivity index (χ1v) is 4.73. The molecular weight excluding hydrogens is 203 g/mol. The Hall–Kier alpha value is -1.03. The number of hydrogen-bond acceptors (Lipinski definition) is 1. The van der Waals surface area contributed by atoms with Crippen LogP contribution >= 0.6 is 0 Å². The molecule has 84 valence electrons. The van der Waals surface area contributed by atoms with E-state index in [9.17, 15) is 13.2 Å². The van der Waals surface area contributed by atoms with Crippen molar-refractivity contribution in [3.05, 3.63) is 34.9 Å². The van der Waals surface area contributed by atoms with E-state index in [2.05, 4.69) is 0 Å². The minimum absolute atomic E-state index is 0.247. The Morgan fingerprint density at radius 2 is 1.93 bits per heavy atom. The van der Waals surface area contributed by atoms with Gasteiger partial charge in [0.2, 0.25) is 0 Å². The third-order valence-corrected chi connectivity index (χ3v) is 2.11. The number of benzene rings is 1. The van der Waals surface area contributed by atoms with Crippen LogP contribution in [0.3, 0.4) is 0 Å². The van der Waals surface area contributed by atoms with Crippen molar-refractivity contribution >= 4 is 0 Å². The lowest BCUT2D eigenvalue weighted by Gasteiger charge is -2.14. The van der Waals surface area contributed by atoms with E-state index in [0.29, 0.717) is 0 Å². The van der Waals surface area contributed by atoms with Gasteiger partial charge in [-0.2, -0.15) is 13.2 Å². The maximum atomic E-state index is 12.6. The molecule has 0 saturated heterocycles. The topological polar surface area (TPSA) is 26.0 Å². The van der Waals surface area contributed by atoms with Crippen LogP contribution in [0.4, 0.5) is 13.2 Å². The van der Waals surface area contributed by atoms with Gasteiger partial charge in [-0.25, -0.2) is 0 Å². The van der Waals surface area contributed by atoms with E-state index in [1.807, 2.05) is 0 Å². The van der Waals surface area contributed by atoms with Gasteiger partial charge in [-0.3, -0.25) is 0 Å². The molecule has 0 aliphatic rings. The molecular formula is C11H14F3N. The summed E-state index contributed by atoms with van der Waals surface area (Å²) in [5.74, 6) is 0. The molecule has 1 rings (SSSR count). The summed E-state index contributed by atoms with van der Waals surface area (Å²) in [6.45, 7) is 3.47. The van der Waals surface area contributed by atoms with Crippen LogP contribution in [0.25, 0.3) is 0 Å². The molecule has 0 heterocycles. The van der Waals surface area contributed by atoms with Gasteiger partial charge in [0.25, 0.3) is 0 Å². The number of hydrogen-bond donors (Lipinski definition) is 1. The lowest BCUT2D eigenvalue weighted by atomic mass is 9.99. The van der Waals surface area contributed by atoms with E-state index in [0.717, 1.165) is 11.6 Å². The number of aryl methyl sites for hydroxylation is 1. The van der Waals surface area contributed by atoms with E-state index in [-0.39, 0.29) is 18.0 Å². The molecule has 1 unspecified atom stereocenters. The molecule has 4 heteroatoms. The van der Waals surface area contributed by atoms with Gasteiger partial charge in [-0.1, -0.05) is 17.7 Å². The molecule has 0 fully saturated rings. The summed E-state index contributed by atoms with van der Waals surface area (Å²) in [6.07, 6.45) is -4.05. The van der Waals surface area contributed by atoms with Gasteiger partial charge in [-0.15, -0.1) is 0 Å². The van der Waals surface area contributed by atoms with Crippen molar-refractivity contribution in [1.82, 2.24) is 0 Å². The van der Waals surface area contributed by atoms with Gasteiger partial charge >= 0.3 is 6.18 Å². The zero-order valence-electron chi connectivity index (χ0n) is 8.73. The molecule has 1 atom stereocenters. The predicted molar refractivity (Wildman–Crippen MR) is 53.5 cm³/mol. The van der Waals surface area contributed by atoms with Crippen LogP contribution in [-0.4, -0.2) is 6.04 Å². The van der Waals surface area contributed by atoms with Crippen LogP contribution < -0.4 is 5.73 Å². The van der Waals surface area contributed by atoms with Gasteiger partial charge in [0.15, 0.2) is 0 Å². The van der Waals surface area contributed by atoms with Crippen molar-refractivity contribution in [2.45, 2.75) is 32.5 Å². The predicted octanol–water partition coefficient (Wildman–Crippen LogP) is 2.90. The molecule has 1 aromatic carbocycles. The average molecular weight is 217 g/mol. The van der Waals surface area contributed by atoms with Crippen LogP contribution in [0.15, 0.2) is 18.2 Å². The SMILES string of the molecule is Cc1ccc(C(F)(F)F)c(CC(C)N)c1. The normalized spacial score (nSPS) is 14.0. The molecule has 0 saturated carbocycles. The molecule has 0 amide bonds. The third kappa shape index (κ3) is 3.23. The maximum absolute atomic E-state index is 12.6. The average Bonchev–Trinajstić information content (AvgIpc) is 1.99. The summed E-state index contributed by atoms with van der Waals surface area (Å²) >= 11 is 0. The van der Waals surface area contributed by atoms with E-state index < -0.39 is 11.7 Å². The third-order valence-electron chi connectivity index (χ3n) is 2.11. The molecule has 0 aliphatic carbocycles. The summed E-state index contributed by atoms with van der Waals surface area (Å²) < 4.78 is 37.8. The summed E-state index contributed by atoms with van der Waals surface area (Å²) in [6, 6.07) is 3.86. The molecule has 15 heavy (non-hydrogen) atoms. The van der Waals surface area contributed by atoms with Crippen molar-refractivity contribution in [3.8, 4) is 0 Å². The smallest absolute Gasteiger partial charge is 0.328 e. The second kappa shape index (κ2) is 4.23. The largest absolute Gasteiger partial charge is 0.416 e. The minimum Gasteiger partial charge on any atom is -0.328 e. The summed E-state index contributed by atoms with van der Waals surface area (Å²) in [7, 11) is 0. The van der Waals surface area contributed by atoms with Crippen LogP contribution in [0.1, 0.15) is 23.6 Å². The van der Waals surface area contributed by atoms with E-state index >= 15 is 0 Å². The molecule has 1 aromatic rings. The molecule has 0 aliphatic heterocycles. The fraction of sp³-hybridized carbons (Fsp3) is 0.455. The molecule has 2 N–H and O–H groups in total. The Balaban J connectivity index is 3.15. The molecule has 0 bridgehead atoms. The summed E-state index contributed by atoms with van der Waals surface area (Å²) in [5, 5.41) is 0. The summed E-state index contributed by atoms with van der Waals surface area (Å²) in [4.78, 5) is 0. The van der Waals surface area contributed by atoms with E-state index in [4.69, 9.17) is 5.73 Å². The van der Waals surface area contributed by atoms with Crippen LogP contribution in [0.5, 0.6) is 0 Å². The zero-order chi connectivity index (χ0) is 11.6. The van der Waals surface area contributed by atoms with Crippen LogP contribution in [-0.2, 0) is 12.6 Å². The Kier molecular flexibility index (Phi) is 3.39. The molecule has 0 spiro atoms. The first-order chi connectivity index (χ1) is 6.80. The van der Waals surface area contributed by atoms with Crippen molar-refractivity contribution in [3.63, 3.8) is 0 Å². The monoisotopic (exact) mass is 217 g/mol. The van der Waals surface area contributed by atoms with Crippen LogP contribution in [0.2, 0.25) is 0 Å². The fourth-order valence-electron chi connectivity index (χ4n) is 1.51. The van der Waals surface area contributed by atoms with Crippen molar-refractivity contribution in [2.24, 2.45) is 5.73 Å². The number of alkyl halides is 3. The van der Waals surface area contributed by atoms with Gasteiger partial charge in [-0.05, 0) is 31.9 Å². The second-order valence-corrected chi connectivity index (χ2v) is 3.84. The molecule has 0 aromatic heterocycles. The maximum Gasteiger partial charge on any atom is 0.416 e. The highest BCUT2D eigenvalue weighted by Gasteiger charge is 2.33. The zero-order valence-corrected chi connectivity index (χ0v) is 8.73. The lowest BCUT2D eigenvalue weighted by molar-refractivity contribution is -0.138. The standard InChI is InChI=1S/C11H14F3N/c1-7-3-4-10(11(12,13)14)9(5-7)6-8(2)15/h3-5,8H,6,15H2,1-2H3. The lowest BCUT2D eigenvalue weighted by Crippen LogP contribution is -2.20. The minimum atomic E-state index is -4.29. The molecule has 1 nitrogen and oxygen atoms in total. The first kappa shape index (κ1) is 12.0. The van der Waals surface area contributed by atoms with Gasteiger partial charge < -0.3 is 5.73 Å². The Morgan fingerprint density at radius 1 is 1.33 bits per heavy atom. The van der Waals surface area contributed by atoms with Crippen molar-refractivity contribution in [2.75, 3.05) is 0 Å². The van der Waals surface area contributed by atoms with Crippen molar-refractivity contribution in [1.29, 1.82) is 0 Å². The number of halogens is 3. The highest BCUT2D eigenvalue weighted by atomic mass is 19.4. The quantitative estimate of drug-likeness (QED) is 0.809. The van der Waals surface area contributed by atoms with Crippen LogP contribution in [0, 0.1) is 6.92 Å². The van der Waals surface area contributed by atoms with E-state index in [1.54, 1.807) is 19.9 Å². The second-order valence-electron chi connectivity index (χ2n) is 3.84. The van der Waals surface area contributed by atoms with Gasteiger partial charge in [0, 0.05) is 6.04 Å². The van der Waals surface area contributed by atoms with Gasteiger partial charge in [0.1, 0.15) is 0 Å². The Morgan fingerprint density at radius 3 is 2.40 bits per heavy atom. The molecule has 0 radical (unpaired) electrons. The van der Waals surface area contributed by atoms with E-state index in [1.165, 1.54) is 6.07 Å². The van der Waals surface area contributed by atoms with Gasteiger partial charge in [0.05, 0.1) is 5.56 Å². The van der Waals surface area contributed by atoms with Crippen molar-refractivity contribution < 1.29 is 13.2 Å². The number of nitrogens with two attached hydrogens (primary N) is 1. The summed E-state index contributed by atoms with van der Waals surface area (Å²) in [5.41, 5.74) is 6.03. The first-order valence-electron chi connectivity index (χ1n) is 4.73. The number of rotatable bonds is 2. The Bertz CT molecular complexity index is 342. The fourth-order valence-corrected chi connectivity index (χ4v) is 1.51.